The Bertz CT molecular complexity index is 300. The molecule has 1 aliphatic rings. The van der Waals surface area contributed by atoms with Gasteiger partial charge in [-0.2, -0.15) is 0 Å². The maximum atomic E-state index is 10.8. The molecule has 1 heterocycles. The number of hydrogen-bond donors (Lipinski definition) is 1. The average Bonchev–Trinajstić information content (AvgIpc) is 2.05. The smallest absolute Gasteiger partial charge is 0.209 e. The highest BCUT2D eigenvalue weighted by Crippen LogP contribution is 2.18. The summed E-state index contributed by atoms with van der Waals surface area (Å²) < 4.78 is 26.9. The van der Waals surface area contributed by atoms with Crippen molar-refractivity contribution in [3.05, 3.63) is 0 Å². The Hall–Kier alpha value is -0.170. The number of rotatable bonds is 4. The second-order valence-electron chi connectivity index (χ2n) is 4.57. The minimum atomic E-state index is -3.32. The monoisotopic (exact) mass is 236 g/mol. The first-order valence-electron chi connectivity index (χ1n) is 5.14. The van der Waals surface area contributed by atoms with Crippen molar-refractivity contribution in [2.24, 2.45) is 5.14 Å². The Labute approximate surface area is 91.6 Å². The van der Waals surface area contributed by atoms with E-state index in [2.05, 4.69) is 18.7 Å². The Kier molecular flexibility index (Phi) is 4.11. The van der Waals surface area contributed by atoms with Crippen molar-refractivity contribution < 1.29 is 13.2 Å². The van der Waals surface area contributed by atoms with E-state index in [0.29, 0.717) is 13.0 Å². The van der Waals surface area contributed by atoms with Crippen LogP contribution in [-0.2, 0) is 14.8 Å². The van der Waals surface area contributed by atoms with Gasteiger partial charge in [0.15, 0.2) is 0 Å². The lowest BCUT2D eigenvalue weighted by molar-refractivity contribution is -0.0505. The zero-order chi connectivity index (χ0) is 11.5. The first kappa shape index (κ1) is 12.9. The van der Waals surface area contributed by atoms with Crippen LogP contribution in [0.3, 0.4) is 0 Å². The van der Waals surface area contributed by atoms with Crippen molar-refractivity contribution >= 4 is 10.0 Å². The number of nitrogens with zero attached hydrogens (tertiary/aromatic N) is 1. The zero-order valence-corrected chi connectivity index (χ0v) is 10.2. The number of morpholine rings is 1. The van der Waals surface area contributed by atoms with E-state index in [-0.39, 0.29) is 11.3 Å². The molecule has 0 aromatic heterocycles. The molecule has 1 rings (SSSR count). The van der Waals surface area contributed by atoms with Crippen LogP contribution >= 0.6 is 0 Å². The topological polar surface area (TPSA) is 72.6 Å². The van der Waals surface area contributed by atoms with Crippen LogP contribution in [0.1, 0.15) is 20.3 Å². The molecule has 0 radical (unpaired) electrons. The Morgan fingerprint density at radius 3 is 2.67 bits per heavy atom. The molecule has 0 bridgehead atoms. The van der Waals surface area contributed by atoms with E-state index >= 15 is 0 Å². The van der Waals surface area contributed by atoms with E-state index in [0.717, 1.165) is 19.7 Å². The van der Waals surface area contributed by atoms with Crippen LogP contribution in [0.25, 0.3) is 0 Å². The molecule has 0 aliphatic carbocycles. The number of primary sulfonamides is 1. The van der Waals surface area contributed by atoms with Crippen LogP contribution < -0.4 is 5.14 Å². The van der Waals surface area contributed by atoms with Gasteiger partial charge in [-0.1, -0.05) is 0 Å². The minimum absolute atomic E-state index is 0.00336. The van der Waals surface area contributed by atoms with Crippen molar-refractivity contribution in [2.75, 3.05) is 32.1 Å². The second kappa shape index (κ2) is 4.78. The molecule has 0 amide bonds. The van der Waals surface area contributed by atoms with Gasteiger partial charge in [0.2, 0.25) is 10.0 Å². The van der Waals surface area contributed by atoms with Crippen molar-refractivity contribution in [1.82, 2.24) is 4.90 Å². The first-order chi connectivity index (χ1) is 6.81. The van der Waals surface area contributed by atoms with Crippen molar-refractivity contribution in [2.45, 2.75) is 25.8 Å². The van der Waals surface area contributed by atoms with Gasteiger partial charge in [-0.15, -0.1) is 0 Å². The third-order valence-corrected chi connectivity index (χ3v) is 3.53. The molecule has 0 spiro atoms. The number of hydrogen-bond acceptors (Lipinski definition) is 4. The summed E-state index contributed by atoms with van der Waals surface area (Å²) in [5.41, 5.74) is -0.00336. The molecule has 6 heteroatoms. The maximum absolute atomic E-state index is 10.8. The molecule has 0 saturated carbocycles. The molecule has 1 fully saturated rings. The van der Waals surface area contributed by atoms with E-state index in [1.807, 2.05) is 0 Å². The summed E-state index contributed by atoms with van der Waals surface area (Å²) in [5.74, 6) is 0.0560. The Morgan fingerprint density at radius 1 is 1.47 bits per heavy atom. The van der Waals surface area contributed by atoms with Crippen LogP contribution in [0.2, 0.25) is 0 Å². The van der Waals surface area contributed by atoms with Crippen LogP contribution in [-0.4, -0.2) is 50.9 Å². The lowest BCUT2D eigenvalue weighted by atomic mass is 10.0. The summed E-state index contributed by atoms with van der Waals surface area (Å²) in [4.78, 5) is 2.25. The molecular formula is C9H20N2O3S. The highest BCUT2D eigenvalue weighted by molar-refractivity contribution is 7.89. The van der Waals surface area contributed by atoms with Gasteiger partial charge >= 0.3 is 0 Å². The van der Waals surface area contributed by atoms with Gasteiger partial charge in [0.05, 0.1) is 19.0 Å². The second-order valence-corrected chi connectivity index (χ2v) is 6.31. The molecule has 5 nitrogen and oxygen atoms in total. The maximum Gasteiger partial charge on any atom is 0.209 e. The molecule has 2 N–H and O–H groups in total. The molecule has 0 aromatic carbocycles. The van der Waals surface area contributed by atoms with Crippen molar-refractivity contribution in [3.63, 3.8) is 0 Å². The fourth-order valence-corrected chi connectivity index (χ4v) is 2.29. The highest BCUT2D eigenvalue weighted by Gasteiger charge is 2.29. The quantitative estimate of drug-likeness (QED) is 0.732. The number of nitrogens with two attached hydrogens (primary N) is 1. The third-order valence-electron chi connectivity index (χ3n) is 2.67. The highest BCUT2D eigenvalue weighted by atomic mass is 32.2. The summed E-state index contributed by atoms with van der Waals surface area (Å²) in [6, 6.07) is 0. The molecule has 1 aliphatic heterocycles. The van der Waals surface area contributed by atoms with Gasteiger partial charge in [0.25, 0.3) is 0 Å². The van der Waals surface area contributed by atoms with Crippen LogP contribution in [0.5, 0.6) is 0 Å². The summed E-state index contributed by atoms with van der Waals surface area (Å²) in [6.45, 7) is 7.23. The minimum Gasteiger partial charge on any atom is -0.378 e. The van der Waals surface area contributed by atoms with E-state index in [1.165, 1.54) is 0 Å². The van der Waals surface area contributed by atoms with E-state index in [1.54, 1.807) is 0 Å². The van der Waals surface area contributed by atoms with Gasteiger partial charge < -0.3 is 4.74 Å². The molecule has 90 valence electrons. The van der Waals surface area contributed by atoms with Gasteiger partial charge in [0.1, 0.15) is 0 Å². The first-order valence-corrected chi connectivity index (χ1v) is 6.86. The number of sulfonamides is 1. The summed E-state index contributed by atoms with van der Waals surface area (Å²) in [7, 11) is -3.32. The average molecular weight is 236 g/mol. The SMILES string of the molecule is CC1(C)COCCN1CCCS(N)(=O)=O. The predicted molar refractivity (Wildman–Crippen MR) is 59.1 cm³/mol. The molecular weight excluding hydrogens is 216 g/mol. The molecule has 0 aromatic rings. The Balaban J connectivity index is 2.37. The molecule has 1 saturated heterocycles. The Morgan fingerprint density at radius 2 is 2.13 bits per heavy atom. The summed E-state index contributed by atoms with van der Waals surface area (Å²) in [6.07, 6.45) is 0.586. The zero-order valence-electron chi connectivity index (χ0n) is 9.40. The van der Waals surface area contributed by atoms with Gasteiger partial charge in [-0.3, -0.25) is 4.90 Å². The van der Waals surface area contributed by atoms with E-state index in [9.17, 15) is 8.42 Å². The standard InChI is InChI=1S/C9H20N2O3S/c1-9(2)8-14-6-5-11(9)4-3-7-15(10,12)13/h3-8H2,1-2H3,(H2,10,12,13). The van der Waals surface area contributed by atoms with E-state index < -0.39 is 10.0 Å². The van der Waals surface area contributed by atoms with E-state index in [4.69, 9.17) is 9.88 Å². The lowest BCUT2D eigenvalue weighted by Crippen LogP contribution is -2.53. The molecule has 15 heavy (non-hydrogen) atoms. The summed E-state index contributed by atoms with van der Waals surface area (Å²) in [5, 5.41) is 4.95. The van der Waals surface area contributed by atoms with Gasteiger partial charge in [-0.05, 0) is 26.8 Å². The summed E-state index contributed by atoms with van der Waals surface area (Å²) >= 11 is 0. The fraction of sp³-hybridized carbons (Fsp3) is 1.00. The third kappa shape index (κ3) is 4.46. The van der Waals surface area contributed by atoms with Gasteiger partial charge in [-0.25, -0.2) is 13.6 Å². The predicted octanol–water partition coefficient (Wildman–Crippen LogP) is -0.224. The van der Waals surface area contributed by atoms with Crippen LogP contribution in [0.4, 0.5) is 0 Å². The normalized spacial score (nSPS) is 22.9. The van der Waals surface area contributed by atoms with Crippen LogP contribution in [0, 0.1) is 0 Å². The molecule has 0 atom stereocenters. The largest absolute Gasteiger partial charge is 0.378 e. The lowest BCUT2D eigenvalue weighted by Gasteiger charge is -2.42. The van der Waals surface area contributed by atoms with Crippen molar-refractivity contribution in [3.8, 4) is 0 Å². The van der Waals surface area contributed by atoms with Crippen LogP contribution in [0.15, 0.2) is 0 Å². The fourth-order valence-electron chi connectivity index (χ4n) is 1.76. The number of ether oxygens (including phenoxy) is 1. The van der Waals surface area contributed by atoms with Crippen molar-refractivity contribution in [1.29, 1.82) is 0 Å². The van der Waals surface area contributed by atoms with Gasteiger partial charge in [0, 0.05) is 12.1 Å². The molecule has 0 unspecified atom stereocenters.